The zero-order chi connectivity index (χ0) is 18.3. The fraction of sp³-hybridized carbons (Fsp3) is 0.739. The summed E-state index contributed by atoms with van der Waals surface area (Å²) in [6.07, 6.45) is 6.51. The Labute approximate surface area is 148 Å². The van der Waals surface area contributed by atoms with Gasteiger partial charge in [-0.3, -0.25) is 0 Å². The molecule has 0 aromatic heterocycles. The first-order chi connectivity index (χ1) is 11.0. The van der Waals surface area contributed by atoms with Gasteiger partial charge in [-0.2, -0.15) is 0 Å². The molecule has 0 nitrogen and oxygen atoms in total. The lowest BCUT2D eigenvalue weighted by Gasteiger charge is -2.26. The second-order valence-electron chi connectivity index (χ2n) is 6.74. The Morgan fingerprint density at radius 3 is 1.96 bits per heavy atom. The lowest BCUT2D eigenvalue weighted by Crippen LogP contribution is -2.13. The van der Waals surface area contributed by atoms with Crippen molar-refractivity contribution in [1.82, 2.24) is 0 Å². The molecule has 136 valence electrons. The van der Waals surface area contributed by atoms with Crippen LogP contribution < -0.4 is 0 Å². The van der Waals surface area contributed by atoms with Gasteiger partial charge in [0.1, 0.15) is 0 Å². The monoisotopic (exact) mass is 320 g/mol. The first kappa shape index (κ1) is 24.5. The first-order valence-corrected chi connectivity index (χ1v) is 10.1. The van der Waals surface area contributed by atoms with E-state index in [0.29, 0.717) is 0 Å². The van der Waals surface area contributed by atoms with Gasteiger partial charge in [0.2, 0.25) is 0 Å². The van der Waals surface area contributed by atoms with Gasteiger partial charge < -0.3 is 0 Å². The van der Waals surface area contributed by atoms with Crippen LogP contribution in [0.2, 0.25) is 0 Å². The standard InChI is InChI=1S/C18H30.C3H8.C2H6/c1-6-9-18(16(5)12-14(3)7-2)17-11-8-10-15(4)13-17;1-3-2;1-2/h8,10-11,13-14,16,18H,6-7,9,12H2,1-5H3;3H2,1-2H3;1-2H3. The van der Waals surface area contributed by atoms with Gasteiger partial charge in [-0.15, -0.1) is 0 Å². The van der Waals surface area contributed by atoms with E-state index in [-0.39, 0.29) is 0 Å². The molecule has 1 aromatic carbocycles. The SMILES string of the molecule is CC.CCC.CCCC(c1cccc(C)c1)C(C)CC(C)CC. The van der Waals surface area contributed by atoms with Gasteiger partial charge >= 0.3 is 0 Å². The minimum atomic E-state index is 0.740. The van der Waals surface area contributed by atoms with Crippen molar-refractivity contribution in [3.05, 3.63) is 35.4 Å². The average Bonchev–Trinajstić information content (AvgIpc) is 2.55. The maximum absolute atomic E-state index is 2.44. The Balaban J connectivity index is 0. The lowest BCUT2D eigenvalue weighted by molar-refractivity contribution is 0.339. The molecular weight excluding hydrogens is 276 g/mol. The zero-order valence-corrected chi connectivity index (χ0v) is 17.6. The molecule has 1 rings (SSSR count). The molecule has 0 aliphatic heterocycles. The minimum absolute atomic E-state index is 0.740. The van der Waals surface area contributed by atoms with Gasteiger partial charge in [0, 0.05) is 0 Å². The number of hydrogen-bond donors (Lipinski definition) is 0. The van der Waals surface area contributed by atoms with E-state index in [9.17, 15) is 0 Å². The number of benzene rings is 1. The Kier molecular flexibility index (Phi) is 17.1. The smallest absolute Gasteiger partial charge is 0.0136 e. The van der Waals surface area contributed by atoms with Crippen LogP contribution in [0.5, 0.6) is 0 Å². The van der Waals surface area contributed by atoms with Crippen molar-refractivity contribution in [2.45, 2.75) is 100 Å². The fourth-order valence-corrected chi connectivity index (χ4v) is 2.96. The Morgan fingerprint density at radius 2 is 1.52 bits per heavy atom. The predicted octanol–water partition coefficient (Wildman–Crippen LogP) is 8.39. The third-order valence-electron chi connectivity index (χ3n) is 4.23. The molecule has 1 aromatic rings. The third kappa shape index (κ3) is 11.4. The second-order valence-corrected chi connectivity index (χ2v) is 6.74. The molecule has 0 heteroatoms. The fourth-order valence-electron chi connectivity index (χ4n) is 2.96. The summed E-state index contributed by atoms with van der Waals surface area (Å²) in [5.41, 5.74) is 2.94. The van der Waals surface area contributed by atoms with Crippen LogP contribution in [-0.2, 0) is 0 Å². The highest BCUT2D eigenvalue weighted by Gasteiger charge is 2.20. The summed E-state index contributed by atoms with van der Waals surface area (Å²) < 4.78 is 0. The van der Waals surface area contributed by atoms with Gasteiger partial charge in [0.25, 0.3) is 0 Å². The van der Waals surface area contributed by atoms with Crippen LogP contribution in [0.25, 0.3) is 0 Å². The highest BCUT2D eigenvalue weighted by molar-refractivity contribution is 5.26. The maximum Gasteiger partial charge on any atom is -0.0136 e. The third-order valence-corrected chi connectivity index (χ3v) is 4.23. The highest BCUT2D eigenvalue weighted by atomic mass is 14.2. The van der Waals surface area contributed by atoms with Crippen molar-refractivity contribution in [1.29, 1.82) is 0 Å². The quantitative estimate of drug-likeness (QED) is 0.473. The molecule has 0 radical (unpaired) electrons. The van der Waals surface area contributed by atoms with Gasteiger partial charge in [-0.25, -0.2) is 0 Å². The van der Waals surface area contributed by atoms with E-state index >= 15 is 0 Å². The molecule has 0 spiro atoms. The van der Waals surface area contributed by atoms with Crippen molar-refractivity contribution in [2.24, 2.45) is 11.8 Å². The zero-order valence-electron chi connectivity index (χ0n) is 17.6. The van der Waals surface area contributed by atoms with Crippen LogP contribution >= 0.6 is 0 Å². The van der Waals surface area contributed by atoms with E-state index in [1.165, 1.54) is 37.7 Å². The summed E-state index contributed by atoms with van der Waals surface area (Å²) in [4.78, 5) is 0. The van der Waals surface area contributed by atoms with Gasteiger partial charge in [0.15, 0.2) is 0 Å². The van der Waals surface area contributed by atoms with E-state index in [0.717, 1.165) is 17.8 Å². The Morgan fingerprint density at radius 1 is 0.957 bits per heavy atom. The molecular formula is C23H44. The van der Waals surface area contributed by atoms with Crippen molar-refractivity contribution in [3.63, 3.8) is 0 Å². The van der Waals surface area contributed by atoms with Crippen molar-refractivity contribution in [3.8, 4) is 0 Å². The van der Waals surface area contributed by atoms with Crippen LogP contribution in [0.15, 0.2) is 24.3 Å². The number of rotatable bonds is 7. The normalized spacial score (nSPS) is 13.8. The average molecular weight is 321 g/mol. The highest BCUT2D eigenvalue weighted by Crippen LogP contribution is 2.34. The molecule has 0 N–H and O–H groups in total. The second kappa shape index (κ2) is 16.1. The first-order valence-electron chi connectivity index (χ1n) is 10.1. The van der Waals surface area contributed by atoms with E-state index in [4.69, 9.17) is 0 Å². The van der Waals surface area contributed by atoms with Crippen molar-refractivity contribution >= 4 is 0 Å². The van der Waals surface area contributed by atoms with Crippen molar-refractivity contribution < 1.29 is 0 Å². The summed E-state index contributed by atoms with van der Waals surface area (Å²) in [7, 11) is 0. The van der Waals surface area contributed by atoms with Gasteiger partial charge in [-0.1, -0.05) is 104 Å². The summed E-state index contributed by atoms with van der Waals surface area (Å²) in [6, 6.07) is 9.11. The Hall–Kier alpha value is -0.780. The van der Waals surface area contributed by atoms with Gasteiger partial charge in [0.05, 0.1) is 0 Å². The topological polar surface area (TPSA) is 0 Å². The molecule has 0 aliphatic carbocycles. The molecule has 0 aliphatic rings. The summed E-state index contributed by atoms with van der Waals surface area (Å²) in [5, 5.41) is 0. The van der Waals surface area contributed by atoms with E-state index in [1.54, 1.807) is 5.56 Å². The van der Waals surface area contributed by atoms with Crippen LogP contribution in [0, 0.1) is 18.8 Å². The lowest BCUT2D eigenvalue weighted by atomic mass is 9.79. The molecule has 0 amide bonds. The number of aryl methyl sites for hydroxylation is 1. The molecule has 23 heavy (non-hydrogen) atoms. The van der Waals surface area contributed by atoms with E-state index < -0.39 is 0 Å². The summed E-state index contributed by atoms with van der Waals surface area (Å²) in [5.74, 6) is 2.38. The molecule has 3 unspecified atom stereocenters. The molecule has 0 fully saturated rings. The predicted molar refractivity (Wildman–Crippen MR) is 109 cm³/mol. The van der Waals surface area contributed by atoms with Crippen LogP contribution in [-0.4, -0.2) is 0 Å². The summed E-state index contributed by atoms with van der Waals surface area (Å²) >= 11 is 0. The minimum Gasteiger partial charge on any atom is -0.0683 e. The summed E-state index contributed by atoms with van der Waals surface area (Å²) in [6.45, 7) is 19.9. The van der Waals surface area contributed by atoms with Gasteiger partial charge in [-0.05, 0) is 43.1 Å². The van der Waals surface area contributed by atoms with Crippen molar-refractivity contribution in [2.75, 3.05) is 0 Å². The van der Waals surface area contributed by atoms with E-state index in [1.807, 2.05) is 13.8 Å². The molecule has 0 bridgehead atoms. The molecule has 0 heterocycles. The number of hydrogen-bond acceptors (Lipinski definition) is 0. The largest absolute Gasteiger partial charge is 0.0683 e. The Bertz CT molecular complexity index is 353. The molecule has 0 saturated heterocycles. The van der Waals surface area contributed by atoms with Crippen LogP contribution in [0.1, 0.15) is 105 Å². The maximum atomic E-state index is 2.44. The molecule has 0 saturated carbocycles. The molecule has 3 atom stereocenters. The van der Waals surface area contributed by atoms with E-state index in [2.05, 4.69) is 72.7 Å². The van der Waals surface area contributed by atoms with Crippen LogP contribution in [0.4, 0.5) is 0 Å². The van der Waals surface area contributed by atoms with Crippen LogP contribution in [0.3, 0.4) is 0 Å².